The van der Waals surface area contributed by atoms with Gasteiger partial charge in [0.1, 0.15) is 5.82 Å². The highest BCUT2D eigenvalue weighted by molar-refractivity contribution is 6.28. The van der Waals surface area contributed by atoms with Crippen LogP contribution in [0.2, 0.25) is 5.28 Å². The van der Waals surface area contributed by atoms with Gasteiger partial charge >= 0.3 is 0 Å². The molecule has 3 heterocycles. The van der Waals surface area contributed by atoms with Crippen molar-refractivity contribution in [3.63, 3.8) is 0 Å². The van der Waals surface area contributed by atoms with Gasteiger partial charge < -0.3 is 4.57 Å². The maximum absolute atomic E-state index is 6.09. The van der Waals surface area contributed by atoms with E-state index in [9.17, 15) is 0 Å². The minimum atomic E-state index is 0.225. The van der Waals surface area contributed by atoms with E-state index in [4.69, 9.17) is 11.6 Å². The van der Waals surface area contributed by atoms with Crippen molar-refractivity contribution in [3.8, 4) is 5.82 Å². The Morgan fingerprint density at radius 2 is 2.05 bits per heavy atom. The molecule has 0 atom stereocenters. The lowest BCUT2D eigenvalue weighted by molar-refractivity contribution is 0.735. The van der Waals surface area contributed by atoms with Crippen LogP contribution in [0.3, 0.4) is 0 Å². The summed E-state index contributed by atoms with van der Waals surface area (Å²) in [6, 6.07) is 0. The van der Waals surface area contributed by atoms with Crippen molar-refractivity contribution in [2.75, 3.05) is 0 Å². The predicted octanol–water partition coefficient (Wildman–Crippen LogP) is 3.03. The molecule has 3 aromatic heterocycles. The summed E-state index contributed by atoms with van der Waals surface area (Å²) in [5.74, 6) is 1.67. The molecule has 3 rings (SSSR count). The van der Waals surface area contributed by atoms with E-state index < -0.39 is 0 Å². The summed E-state index contributed by atoms with van der Waals surface area (Å²) in [5, 5.41) is 0.225. The second-order valence-corrected chi connectivity index (χ2v) is 5.17. The lowest BCUT2D eigenvalue weighted by Crippen LogP contribution is -2.05. The fourth-order valence-electron chi connectivity index (χ4n) is 2.35. The third-order valence-electron chi connectivity index (χ3n) is 3.46. The van der Waals surface area contributed by atoms with Gasteiger partial charge in [-0.05, 0) is 24.9 Å². The SMILES string of the molecule is CCCCc1nccn1-c1nc(Cl)nc2c1ncn2CC. The molecule has 0 saturated heterocycles. The molecule has 0 bridgehead atoms. The second-order valence-electron chi connectivity index (χ2n) is 4.84. The second kappa shape index (κ2) is 5.81. The zero-order valence-corrected chi connectivity index (χ0v) is 12.9. The first-order valence-corrected chi connectivity index (χ1v) is 7.53. The van der Waals surface area contributed by atoms with Crippen molar-refractivity contribution in [1.82, 2.24) is 29.1 Å². The first-order valence-electron chi connectivity index (χ1n) is 7.15. The van der Waals surface area contributed by atoms with E-state index in [1.54, 1.807) is 12.5 Å². The smallest absolute Gasteiger partial charge is 0.226 e. The summed E-state index contributed by atoms with van der Waals surface area (Å²) in [6.07, 6.45) is 8.56. The maximum Gasteiger partial charge on any atom is 0.226 e. The quantitative estimate of drug-likeness (QED) is 0.680. The number of unbranched alkanes of at least 4 members (excludes halogenated alkanes) is 1. The molecule has 0 aromatic carbocycles. The lowest BCUT2D eigenvalue weighted by atomic mass is 10.2. The Kier molecular flexibility index (Phi) is 3.88. The maximum atomic E-state index is 6.09. The third-order valence-corrected chi connectivity index (χ3v) is 3.63. The summed E-state index contributed by atoms with van der Waals surface area (Å²) < 4.78 is 3.91. The van der Waals surface area contributed by atoms with Gasteiger partial charge in [0.15, 0.2) is 17.0 Å². The fourth-order valence-corrected chi connectivity index (χ4v) is 2.51. The van der Waals surface area contributed by atoms with Crippen LogP contribution in [0.1, 0.15) is 32.5 Å². The molecule has 3 aromatic rings. The molecule has 0 unspecified atom stereocenters. The highest BCUT2D eigenvalue weighted by Gasteiger charge is 2.15. The van der Waals surface area contributed by atoms with Crippen LogP contribution in [-0.2, 0) is 13.0 Å². The summed E-state index contributed by atoms with van der Waals surface area (Å²) in [6.45, 7) is 4.99. The number of halogens is 1. The molecule has 0 amide bonds. The highest BCUT2D eigenvalue weighted by Crippen LogP contribution is 2.21. The summed E-state index contributed by atoms with van der Waals surface area (Å²) in [5.41, 5.74) is 1.50. The number of aryl methyl sites for hydroxylation is 2. The monoisotopic (exact) mass is 304 g/mol. The third kappa shape index (κ3) is 2.51. The summed E-state index contributed by atoms with van der Waals surface area (Å²) in [7, 11) is 0. The average molecular weight is 305 g/mol. The number of hydrogen-bond acceptors (Lipinski definition) is 4. The van der Waals surface area contributed by atoms with E-state index in [-0.39, 0.29) is 5.28 Å². The van der Waals surface area contributed by atoms with Crippen LogP contribution in [0.15, 0.2) is 18.7 Å². The molecule has 0 spiro atoms. The van der Waals surface area contributed by atoms with Gasteiger partial charge in [-0.1, -0.05) is 13.3 Å². The molecule has 0 fully saturated rings. The van der Waals surface area contributed by atoms with Gasteiger partial charge in [0.25, 0.3) is 0 Å². The zero-order chi connectivity index (χ0) is 14.8. The average Bonchev–Trinajstić information content (AvgIpc) is 3.10. The molecule has 0 N–H and O–H groups in total. The number of nitrogens with zero attached hydrogens (tertiary/aromatic N) is 6. The fraction of sp³-hybridized carbons (Fsp3) is 0.429. The van der Waals surface area contributed by atoms with Crippen molar-refractivity contribution in [2.24, 2.45) is 0 Å². The van der Waals surface area contributed by atoms with Gasteiger partial charge in [-0.3, -0.25) is 4.57 Å². The lowest BCUT2D eigenvalue weighted by Gasteiger charge is -2.08. The minimum absolute atomic E-state index is 0.225. The molecule has 7 heteroatoms. The number of fused-ring (bicyclic) bond motifs is 1. The van der Waals surface area contributed by atoms with Crippen LogP contribution in [0.5, 0.6) is 0 Å². The van der Waals surface area contributed by atoms with E-state index in [1.807, 2.05) is 22.3 Å². The van der Waals surface area contributed by atoms with Crippen LogP contribution in [0, 0.1) is 0 Å². The topological polar surface area (TPSA) is 61.4 Å². The highest BCUT2D eigenvalue weighted by atomic mass is 35.5. The van der Waals surface area contributed by atoms with Crippen LogP contribution in [0.4, 0.5) is 0 Å². The van der Waals surface area contributed by atoms with E-state index in [2.05, 4.69) is 26.9 Å². The normalized spacial score (nSPS) is 11.4. The van der Waals surface area contributed by atoms with E-state index in [0.29, 0.717) is 5.82 Å². The Hall–Kier alpha value is -1.95. The van der Waals surface area contributed by atoms with Crippen molar-refractivity contribution < 1.29 is 0 Å². The zero-order valence-electron chi connectivity index (χ0n) is 12.1. The van der Waals surface area contributed by atoms with Gasteiger partial charge in [0.2, 0.25) is 5.28 Å². The molecule has 21 heavy (non-hydrogen) atoms. The van der Waals surface area contributed by atoms with Crippen molar-refractivity contribution in [2.45, 2.75) is 39.7 Å². The molecule has 0 aliphatic carbocycles. The standard InChI is InChI=1S/C14H17ClN6/c1-3-5-6-10-16-7-8-21(10)13-11-12(18-14(15)19-13)20(4-2)9-17-11/h7-9H,3-6H2,1-2H3. The van der Waals surface area contributed by atoms with Gasteiger partial charge in [0, 0.05) is 25.4 Å². The van der Waals surface area contributed by atoms with Crippen LogP contribution < -0.4 is 0 Å². The molecule has 0 aliphatic heterocycles. The van der Waals surface area contributed by atoms with Gasteiger partial charge in [-0.2, -0.15) is 9.97 Å². The molecule has 0 radical (unpaired) electrons. The molecule has 110 valence electrons. The van der Waals surface area contributed by atoms with E-state index >= 15 is 0 Å². The molecular formula is C14H17ClN6. The Labute approximate surface area is 127 Å². The van der Waals surface area contributed by atoms with Crippen molar-refractivity contribution >= 4 is 22.8 Å². The first kappa shape index (κ1) is 14.0. The summed E-state index contributed by atoms with van der Waals surface area (Å²) in [4.78, 5) is 17.5. The van der Waals surface area contributed by atoms with Gasteiger partial charge in [0.05, 0.1) is 6.33 Å². The summed E-state index contributed by atoms with van der Waals surface area (Å²) >= 11 is 6.09. The van der Waals surface area contributed by atoms with Crippen LogP contribution >= 0.6 is 11.6 Å². The Bertz CT molecular complexity index is 760. The Balaban J connectivity index is 2.16. The first-order chi connectivity index (χ1) is 10.2. The molecule has 0 aliphatic rings. The predicted molar refractivity (Wildman–Crippen MR) is 81.7 cm³/mol. The Morgan fingerprint density at radius 3 is 2.81 bits per heavy atom. The largest absolute Gasteiger partial charge is 0.315 e. The molecule has 0 saturated carbocycles. The van der Waals surface area contributed by atoms with Crippen molar-refractivity contribution in [1.29, 1.82) is 0 Å². The Morgan fingerprint density at radius 1 is 1.19 bits per heavy atom. The number of aromatic nitrogens is 6. The van der Waals surface area contributed by atoms with Gasteiger partial charge in [-0.25, -0.2) is 9.97 Å². The van der Waals surface area contributed by atoms with E-state index in [1.165, 1.54) is 0 Å². The molecule has 6 nitrogen and oxygen atoms in total. The van der Waals surface area contributed by atoms with Gasteiger partial charge in [-0.15, -0.1) is 0 Å². The van der Waals surface area contributed by atoms with Crippen LogP contribution in [0.25, 0.3) is 17.0 Å². The van der Waals surface area contributed by atoms with E-state index in [0.717, 1.165) is 42.8 Å². The number of rotatable bonds is 5. The minimum Gasteiger partial charge on any atom is -0.315 e. The number of hydrogen-bond donors (Lipinski definition) is 0. The number of imidazole rings is 2. The van der Waals surface area contributed by atoms with Crippen molar-refractivity contribution in [3.05, 3.63) is 29.8 Å². The molecular weight excluding hydrogens is 288 g/mol. The van der Waals surface area contributed by atoms with Crippen LogP contribution in [-0.4, -0.2) is 29.1 Å².